The monoisotopic (exact) mass is 294 g/mol. The third kappa shape index (κ3) is 5.14. The van der Waals surface area contributed by atoms with Gasteiger partial charge in [0.15, 0.2) is 0 Å². The molecule has 110 valence electrons. The van der Waals surface area contributed by atoms with Crippen molar-refractivity contribution in [3.63, 3.8) is 0 Å². The summed E-state index contributed by atoms with van der Waals surface area (Å²) in [6.07, 6.45) is 3.72. The van der Waals surface area contributed by atoms with Crippen molar-refractivity contribution in [1.82, 2.24) is 10.6 Å². The highest BCUT2D eigenvalue weighted by molar-refractivity contribution is 6.30. The summed E-state index contributed by atoms with van der Waals surface area (Å²) in [6.45, 7) is 4.13. The zero-order valence-corrected chi connectivity index (χ0v) is 12.7. The Hall–Kier alpha value is -1.06. The minimum Gasteiger partial charge on any atom is -0.353 e. The first-order valence-electron chi connectivity index (χ1n) is 7.38. The van der Waals surface area contributed by atoms with Crippen molar-refractivity contribution in [3.8, 4) is 0 Å². The average molecular weight is 295 g/mol. The average Bonchev–Trinajstić information content (AvgIpc) is 2.42. The zero-order chi connectivity index (χ0) is 14.4. The van der Waals surface area contributed by atoms with Gasteiger partial charge < -0.3 is 10.6 Å². The van der Waals surface area contributed by atoms with Gasteiger partial charge in [0.2, 0.25) is 5.91 Å². The Balaban J connectivity index is 1.74. The second-order valence-electron chi connectivity index (χ2n) is 5.70. The van der Waals surface area contributed by atoms with Gasteiger partial charge in [-0.2, -0.15) is 0 Å². The number of nitrogens with one attached hydrogen (secondary N) is 2. The molecule has 0 saturated carbocycles. The Morgan fingerprint density at radius 3 is 2.65 bits per heavy atom. The van der Waals surface area contributed by atoms with E-state index in [1.165, 1.54) is 5.56 Å². The van der Waals surface area contributed by atoms with Crippen molar-refractivity contribution in [3.05, 3.63) is 34.9 Å². The first-order chi connectivity index (χ1) is 9.63. The molecule has 1 heterocycles. The molecule has 3 nitrogen and oxygen atoms in total. The molecule has 1 saturated heterocycles. The zero-order valence-electron chi connectivity index (χ0n) is 12.0. The summed E-state index contributed by atoms with van der Waals surface area (Å²) < 4.78 is 0. The molecule has 20 heavy (non-hydrogen) atoms. The Morgan fingerprint density at radius 1 is 1.35 bits per heavy atom. The molecule has 0 radical (unpaired) electrons. The number of halogens is 1. The fourth-order valence-corrected chi connectivity index (χ4v) is 2.83. The second-order valence-corrected chi connectivity index (χ2v) is 6.13. The minimum absolute atomic E-state index is 0.158. The normalized spacial score (nSPS) is 17.7. The van der Waals surface area contributed by atoms with Crippen LogP contribution < -0.4 is 10.6 Å². The fraction of sp³-hybridized carbons (Fsp3) is 0.562. The van der Waals surface area contributed by atoms with Crippen LogP contribution in [0.1, 0.15) is 31.7 Å². The van der Waals surface area contributed by atoms with E-state index in [0.717, 1.165) is 37.4 Å². The van der Waals surface area contributed by atoms with Crippen molar-refractivity contribution in [1.29, 1.82) is 0 Å². The Bertz CT molecular complexity index is 427. The molecule has 0 spiro atoms. The highest BCUT2D eigenvalue weighted by Crippen LogP contribution is 2.16. The largest absolute Gasteiger partial charge is 0.353 e. The summed E-state index contributed by atoms with van der Waals surface area (Å²) in [5.41, 5.74) is 1.20. The number of hydrogen-bond acceptors (Lipinski definition) is 2. The summed E-state index contributed by atoms with van der Waals surface area (Å²) in [5.74, 6) is 0.720. The second kappa shape index (κ2) is 7.65. The number of carbonyl (C=O) groups is 1. The molecule has 2 N–H and O–H groups in total. The van der Waals surface area contributed by atoms with Crippen LogP contribution in [0.2, 0.25) is 5.02 Å². The molecule has 1 amide bonds. The van der Waals surface area contributed by atoms with Crippen LogP contribution in [0.25, 0.3) is 0 Å². The van der Waals surface area contributed by atoms with Gasteiger partial charge in [-0.1, -0.05) is 23.7 Å². The Labute approximate surface area is 126 Å². The summed E-state index contributed by atoms with van der Waals surface area (Å²) in [6, 6.07) is 7.96. The number of rotatable bonds is 5. The molecule has 1 fully saturated rings. The van der Waals surface area contributed by atoms with Crippen molar-refractivity contribution in [2.75, 3.05) is 13.1 Å². The third-order valence-electron chi connectivity index (χ3n) is 3.80. The third-order valence-corrected chi connectivity index (χ3v) is 4.05. The summed E-state index contributed by atoms with van der Waals surface area (Å²) in [5, 5.41) is 7.17. The highest BCUT2D eigenvalue weighted by atomic mass is 35.5. The highest BCUT2D eigenvalue weighted by Gasteiger charge is 2.17. The molecular weight excluding hydrogens is 272 g/mol. The predicted molar refractivity (Wildman–Crippen MR) is 83.0 cm³/mol. The lowest BCUT2D eigenvalue weighted by Crippen LogP contribution is -2.37. The summed E-state index contributed by atoms with van der Waals surface area (Å²) >= 11 is 5.87. The number of hydrogen-bond donors (Lipinski definition) is 2. The van der Waals surface area contributed by atoms with Crippen LogP contribution in [0.3, 0.4) is 0 Å². The summed E-state index contributed by atoms with van der Waals surface area (Å²) in [7, 11) is 0. The first-order valence-corrected chi connectivity index (χ1v) is 7.76. The van der Waals surface area contributed by atoms with Gasteiger partial charge in [-0.3, -0.25) is 4.79 Å². The molecule has 1 aliphatic rings. The minimum atomic E-state index is 0.158. The molecule has 1 aromatic carbocycles. The van der Waals surface area contributed by atoms with E-state index < -0.39 is 0 Å². The topological polar surface area (TPSA) is 41.1 Å². The van der Waals surface area contributed by atoms with Gasteiger partial charge in [0.25, 0.3) is 0 Å². The van der Waals surface area contributed by atoms with E-state index in [2.05, 4.69) is 17.6 Å². The van der Waals surface area contributed by atoms with E-state index in [9.17, 15) is 4.79 Å². The Morgan fingerprint density at radius 2 is 2.00 bits per heavy atom. The number of carbonyl (C=O) groups excluding carboxylic acids is 1. The van der Waals surface area contributed by atoms with E-state index in [0.29, 0.717) is 12.3 Å². The van der Waals surface area contributed by atoms with Gasteiger partial charge in [-0.05, 0) is 62.9 Å². The maximum Gasteiger partial charge on any atom is 0.220 e. The van der Waals surface area contributed by atoms with E-state index in [1.54, 1.807) is 0 Å². The van der Waals surface area contributed by atoms with Crippen molar-refractivity contribution < 1.29 is 4.79 Å². The molecular formula is C16H23ClN2O. The lowest BCUT2D eigenvalue weighted by atomic mass is 9.94. The quantitative estimate of drug-likeness (QED) is 0.877. The molecule has 0 aliphatic carbocycles. The molecule has 1 unspecified atom stereocenters. The molecule has 1 aliphatic heterocycles. The smallest absolute Gasteiger partial charge is 0.220 e. The lowest BCUT2D eigenvalue weighted by molar-refractivity contribution is -0.122. The van der Waals surface area contributed by atoms with Crippen LogP contribution in [-0.2, 0) is 11.2 Å². The maximum atomic E-state index is 12.0. The van der Waals surface area contributed by atoms with Crippen molar-refractivity contribution >= 4 is 17.5 Å². The van der Waals surface area contributed by atoms with Crippen LogP contribution >= 0.6 is 11.6 Å². The first kappa shape index (κ1) is 15.3. The van der Waals surface area contributed by atoms with E-state index in [-0.39, 0.29) is 11.9 Å². The van der Waals surface area contributed by atoms with Crippen LogP contribution in [0.4, 0.5) is 0 Å². The standard InChI is InChI=1S/C16H23ClN2O/c1-12(10-13-2-4-15(17)5-3-13)19-16(20)11-14-6-8-18-9-7-14/h2-5,12,14,18H,6-11H2,1H3,(H,19,20). The number of piperidine rings is 1. The van der Waals surface area contributed by atoms with Gasteiger partial charge in [0.05, 0.1) is 0 Å². The number of amides is 1. The SMILES string of the molecule is CC(Cc1ccc(Cl)cc1)NC(=O)CC1CCNCC1. The van der Waals surface area contributed by atoms with Gasteiger partial charge in [0.1, 0.15) is 0 Å². The van der Waals surface area contributed by atoms with Gasteiger partial charge in [-0.15, -0.1) is 0 Å². The molecule has 1 atom stereocenters. The molecule has 2 rings (SSSR count). The summed E-state index contributed by atoms with van der Waals surface area (Å²) in [4.78, 5) is 12.0. The van der Waals surface area contributed by atoms with E-state index in [4.69, 9.17) is 11.6 Å². The van der Waals surface area contributed by atoms with Crippen LogP contribution in [0.15, 0.2) is 24.3 Å². The maximum absolute atomic E-state index is 12.0. The predicted octanol–water partition coefficient (Wildman–Crippen LogP) is 2.78. The molecule has 1 aromatic rings. The van der Waals surface area contributed by atoms with E-state index in [1.807, 2.05) is 24.3 Å². The molecule has 4 heteroatoms. The van der Waals surface area contributed by atoms with Crippen LogP contribution in [0, 0.1) is 5.92 Å². The van der Waals surface area contributed by atoms with Crippen molar-refractivity contribution in [2.24, 2.45) is 5.92 Å². The Kier molecular flexibility index (Phi) is 5.86. The molecule has 0 bridgehead atoms. The lowest BCUT2D eigenvalue weighted by Gasteiger charge is -2.23. The van der Waals surface area contributed by atoms with Crippen LogP contribution in [0.5, 0.6) is 0 Å². The van der Waals surface area contributed by atoms with E-state index >= 15 is 0 Å². The van der Waals surface area contributed by atoms with Gasteiger partial charge in [-0.25, -0.2) is 0 Å². The molecule has 0 aromatic heterocycles. The fourth-order valence-electron chi connectivity index (χ4n) is 2.71. The number of benzene rings is 1. The van der Waals surface area contributed by atoms with Crippen molar-refractivity contribution in [2.45, 2.75) is 38.6 Å². The van der Waals surface area contributed by atoms with Crippen LogP contribution in [-0.4, -0.2) is 25.0 Å². The van der Waals surface area contributed by atoms with Gasteiger partial charge in [0, 0.05) is 17.5 Å². The van der Waals surface area contributed by atoms with Gasteiger partial charge >= 0.3 is 0 Å².